The van der Waals surface area contributed by atoms with Crippen molar-refractivity contribution in [1.82, 2.24) is 14.6 Å². The third-order valence-corrected chi connectivity index (χ3v) is 6.58. The van der Waals surface area contributed by atoms with E-state index in [0.29, 0.717) is 12.0 Å². The Morgan fingerprint density at radius 3 is 1.73 bits per heavy atom. The van der Waals surface area contributed by atoms with Gasteiger partial charge in [0, 0.05) is 17.0 Å². The molecular weight excluding hydrogens is 404 g/mol. The Bertz CT molecular complexity index is 934. The average Bonchev–Trinajstić information content (AvgIpc) is 2.97. The summed E-state index contributed by atoms with van der Waals surface area (Å²) in [6, 6.07) is 4.62. The molecule has 0 aliphatic carbocycles. The van der Waals surface area contributed by atoms with Gasteiger partial charge in [-0.15, -0.1) is 5.10 Å². The van der Waals surface area contributed by atoms with Crippen molar-refractivity contribution in [3.8, 4) is 0 Å². The zero-order chi connectivity index (χ0) is 25.8. The predicted octanol–water partition coefficient (Wildman–Crippen LogP) is 8.14. The molecular formula is C29H52N4. The number of aromatic nitrogens is 3. The molecule has 2 unspecified atom stereocenters. The van der Waals surface area contributed by atoms with E-state index in [1.54, 1.807) is 0 Å². The first-order chi connectivity index (χ1) is 14.5. The van der Waals surface area contributed by atoms with E-state index in [1.165, 1.54) is 0 Å². The van der Waals surface area contributed by atoms with Crippen LogP contribution in [-0.2, 0) is 5.41 Å². The minimum absolute atomic E-state index is 0.0266. The standard InChI is InChI=1S/C29H52N4/c1-25(2,3)18-20(26(4,5)6)24(28(10,11)12)32(29(13,14)15)23-17-16-22-30-19-21(27(7,8)9)33(22)31-23/h16-17,19-20,24H,18H2,1-15H3. The smallest absolute Gasteiger partial charge is 0.153 e. The van der Waals surface area contributed by atoms with Gasteiger partial charge in [-0.05, 0) is 61.5 Å². The number of rotatable bonds is 4. The Labute approximate surface area is 204 Å². The van der Waals surface area contributed by atoms with Gasteiger partial charge in [-0.3, -0.25) is 0 Å². The number of imidazole rings is 1. The molecule has 0 spiro atoms. The molecule has 0 amide bonds. The molecule has 2 aromatic heterocycles. The molecule has 2 atom stereocenters. The van der Waals surface area contributed by atoms with E-state index in [0.717, 1.165) is 23.6 Å². The zero-order valence-corrected chi connectivity index (χ0v) is 24.4. The summed E-state index contributed by atoms with van der Waals surface area (Å²) in [5.41, 5.74) is 2.39. The van der Waals surface area contributed by atoms with Crippen molar-refractivity contribution in [2.45, 2.75) is 127 Å². The Balaban J connectivity index is 2.82. The Kier molecular flexibility index (Phi) is 7.19. The van der Waals surface area contributed by atoms with Gasteiger partial charge in [0.05, 0.1) is 11.9 Å². The van der Waals surface area contributed by atoms with E-state index in [4.69, 9.17) is 5.10 Å². The van der Waals surface area contributed by atoms with Crippen LogP contribution in [0.2, 0.25) is 0 Å². The second kappa shape index (κ2) is 8.57. The Hall–Kier alpha value is -1.58. The van der Waals surface area contributed by atoms with Crippen molar-refractivity contribution in [3.05, 3.63) is 24.0 Å². The first kappa shape index (κ1) is 27.7. The molecule has 33 heavy (non-hydrogen) atoms. The van der Waals surface area contributed by atoms with Crippen LogP contribution in [0.1, 0.15) is 116 Å². The molecule has 0 bridgehead atoms. The first-order valence-corrected chi connectivity index (χ1v) is 12.7. The molecule has 0 aliphatic heterocycles. The van der Waals surface area contributed by atoms with Gasteiger partial charge in [0.1, 0.15) is 5.82 Å². The summed E-state index contributed by atoms with van der Waals surface area (Å²) in [6.07, 6.45) is 3.14. The van der Waals surface area contributed by atoms with Gasteiger partial charge in [-0.25, -0.2) is 9.50 Å². The lowest BCUT2D eigenvalue weighted by molar-refractivity contribution is 0.0720. The highest BCUT2D eigenvalue weighted by atomic mass is 15.4. The highest BCUT2D eigenvalue weighted by molar-refractivity contribution is 5.50. The first-order valence-electron chi connectivity index (χ1n) is 12.7. The van der Waals surface area contributed by atoms with Crippen LogP contribution in [0.3, 0.4) is 0 Å². The third kappa shape index (κ3) is 6.51. The number of hydrogen-bond acceptors (Lipinski definition) is 3. The van der Waals surface area contributed by atoms with Crippen molar-refractivity contribution in [2.75, 3.05) is 4.90 Å². The number of fused-ring (bicyclic) bond motifs is 1. The summed E-state index contributed by atoms with van der Waals surface area (Å²) in [6.45, 7) is 35.2. The fraction of sp³-hybridized carbons (Fsp3) is 0.793. The molecule has 2 heterocycles. The number of anilines is 1. The molecule has 188 valence electrons. The molecule has 2 aromatic rings. The fourth-order valence-electron chi connectivity index (χ4n) is 5.13. The number of nitrogens with zero attached hydrogens (tertiary/aromatic N) is 4. The van der Waals surface area contributed by atoms with E-state index in [-0.39, 0.29) is 27.2 Å². The average molecular weight is 457 g/mol. The molecule has 0 saturated heterocycles. The molecule has 2 rings (SSSR count). The lowest BCUT2D eigenvalue weighted by Crippen LogP contribution is -2.59. The zero-order valence-electron chi connectivity index (χ0n) is 24.4. The lowest BCUT2D eigenvalue weighted by Gasteiger charge is -2.55. The second-order valence-electron chi connectivity index (χ2n) is 15.4. The maximum Gasteiger partial charge on any atom is 0.153 e. The Morgan fingerprint density at radius 2 is 1.33 bits per heavy atom. The van der Waals surface area contributed by atoms with E-state index >= 15 is 0 Å². The molecule has 0 aliphatic rings. The van der Waals surface area contributed by atoms with E-state index in [2.05, 4.69) is 130 Å². The van der Waals surface area contributed by atoms with Crippen LogP contribution in [-0.4, -0.2) is 26.2 Å². The maximum absolute atomic E-state index is 5.24. The SMILES string of the molecule is CC(C)(C)CC(C(N(c1ccc2ncc(C(C)(C)C)n2n1)C(C)(C)C)C(C)(C)C)C(C)(C)C. The van der Waals surface area contributed by atoms with Crippen LogP contribution in [0, 0.1) is 22.2 Å². The largest absolute Gasteiger partial charge is 0.347 e. The number of hydrogen-bond donors (Lipinski definition) is 0. The van der Waals surface area contributed by atoms with Gasteiger partial charge >= 0.3 is 0 Å². The van der Waals surface area contributed by atoms with Gasteiger partial charge in [-0.2, -0.15) is 0 Å². The minimum Gasteiger partial charge on any atom is -0.347 e. The van der Waals surface area contributed by atoms with Gasteiger partial charge in [-0.1, -0.05) is 83.1 Å². The van der Waals surface area contributed by atoms with Crippen molar-refractivity contribution < 1.29 is 0 Å². The van der Waals surface area contributed by atoms with Crippen LogP contribution < -0.4 is 4.90 Å². The minimum atomic E-state index is -0.0948. The van der Waals surface area contributed by atoms with Crippen LogP contribution in [0.25, 0.3) is 5.65 Å². The Morgan fingerprint density at radius 1 is 0.788 bits per heavy atom. The van der Waals surface area contributed by atoms with E-state index < -0.39 is 0 Å². The van der Waals surface area contributed by atoms with Gasteiger partial charge in [0.2, 0.25) is 0 Å². The normalized spacial score (nSPS) is 16.2. The maximum atomic E-state index is 5.24. The van der Waals surface area contributed by atoms with Crippen LogP contribution in [0.4, 0.5) is 5.82 Å². The van der Waals surface area contributed by atoms with Crippen molar-refractivity contribution >= 4 is 11.5 Å². The molecule has 4 nitrogen and oxygen atoms in total. The topological polar surface area (TPSA) is 33.4 Å². The third-order valence-electron chi connectivity index (χ3n) is 6.58. The fourth-order valence-corrected chi connectivity index (χ4v) is 5.13. The molecule has 0 radical (unpaired) electrons. The van der Waals surface area contributed by atoms with Gasteiger partial charge < -0.3 is 4.90 Å². The summed E-state index contributed by atoms with van der Waals surface area (Å²) < 4.78 is 2.06. The van der Waals surface area contributed by atoms with Crippen molar-refractivity contribution in [2.24, 2.45) is 22.2 Å². The monoisotopic (exact) mass is 456 g/mol. The van der Waals surface area contributed by atoms with E-state index in [9.17, 15) is 0 Å². The summed E-state index contributed by atoms with van der Waals surface area (Å²) in [5, 5.41) is 5.24. The van der Waals surface area contributed by atoms with Crippen molar-refractivity contribution in [1.29, 1.82) is 0 Å². The molecule has 4 heteroatoms. The highest BCUT2D eigenvalue weighted by Crippen LogP contribution is 2.47. The van der Waals surface area contributed by atoms with E-state index in [1.807, 2.05) is 6.20 Å². The predicted molar refractivity (Wildman–Crippen MR) is 144 cm³/mol. The molecule has 0 aromatic carbocycles. The summed E-state index contributed by atoms with van der Waals surface area (Å²) in [4.78, 5) is 7.26. The summed E-state index contributed by atoms with van der Waals surface area (Å²) in [5.74, 6) is 1.51. The van der Waals surface area contributed by atoms with Crippen molar-refractivity contribution in [3.63, 3.8) is 0 Å². The van der Waals surface area contributed by atoms with Crippen LogP contribution in [0.5, 0.6) is 0 Å². The lowest BCUT2D eigenvalue weighted by atomic mass is 9.62. The second-order valence-corrected chi connectivity index (χ2v) is 15.4. The summed E-state index contributed by atoms with van der Waals surface area (Å²) >= 11 is 0. The summed E-state index contributed by atoms with van der Waals surface area (Å²) in [7, 11) is 0. The highest BCUT2D eigenvalue weighted by Gasteiger charge is 2.47. The quantitative estimate of drug-likeness (QED) is 0.465. The molecule has 0 saturated carbocycles. The molecule has 0 fully saturated rings. The van der Waals surface area contributed by atoms with Gasteiger partial charge in [0.15, 0.2) is 5.65 Å². The molecule has 0 N–H and O–H groups in total. The van der Waals surface area contributed by atoms with Gasteiger partial charge in [0.25, 0.3) is 0 Å². The van der Waals surface area contributed by atoms with Crippen LogP contribution in [0.15, 0.2) is 18.3 Å². The van der Waals surface area contributed by atoms with Crippen LogP contribution >= 0.6 is 0 Å².